The van der Waals surface area contributed by atoms with E-state index in [1.165, 1.54) is 0 Å². The summed E-state index contributed by atoms with van der Waals surface area (Å²) >= 11 is 4.11. The minimum atomic E-state index is -0.479. The fourth-order valence-electron chi connectivity index (χ4n) is 0.717. The van der Waals surface area contributed by atoms with Crippen molar-refractivity contribution >= 4 is 22.4 Å². The Morgan fingerprint density at radius 2 is 1.71 bits per heavy atom. The highest BCUT2D eigenvalue weighted by Gasteiger charge is 2.08. The summed E-state index contributed by atoms with van der Waals surface area (Å²) in [5, 5.41) is 0. The second-order valence-electron chi connectivity index (χ2n) is 2.77. The summed E-state index contributed by atoms with van der Waals surface area (Å²) in [5.41, 5.74) is 0. The van der Waals surface area contributed by atoms with Crippen molar-refractivity contribution in [3.63, 3.8) is 0 Å². The monoisotopic (exact) mass is 236 g/mol. The third-order valence-corrected chi connectivity index (χ3v) is 2.77. The lowest BCUT2D eigenvalue weighted by molar-refractivity contribution is -0.247. The van der Waals surface area contributed by atoms with Gasteiger partial charge in [0.05, 0.1) is 13.2 Å². The molecule has 14 heavy (non-hydrogen) atoms. The maximum absolute atomic E-state index is 5.42. The summed E-state index contributed by atoms with van der Waals surface area (Å²) < 4.78 is 16.2. The van der Waals surface area contributed by atoms with Gasteiger partial charge in [-0.2, -0.15) is 12.6 Å². The van der Waals surface area contributed by atoms with Gasteiger partial charge in [-0.05, 0) is 24.6 Å². The summed E-state index contributed by atoms with van der Waals surface area (Å²) in [7, 11) is 0.409. The fourth-order valence-corrected chi connectivity index (χ4v) is 1.47. The lowest BCUT2D eigenvalue weighted by atomic mass is 10.5. The number of rotatable bonds is 10. The molecule has 2 radical (unpaired) electrons. The van der Waals surface area contributed by atoms with E-state index in [9.17, 15) is 0 Å². The molecule has 0 aromatic heterocycles. The number of hydrogen-bond donors (Lipinski definition) is 1. The standard InChI is InChI=1S/C9H20O3SSi/c1-3-5-10-9(11-6-4-2)12-14-8-7-13/h9,13H,3-8H2,1-2H3. The minimum Gasteiger partial charge on any atom is -0.372 e. The molecule has 0 bridgehead atoms. The van der Waals surface area contributed by atoms with Gasteiger partial charge in [0, 0.05) is 0 Å². The lowest BCUT2D eigenvalue weighted by Gasteiger charge is -2.17. The van der Waals surface area contributed by atoms with Crippen LogP contribution in [0.5, 0.6) is 0 Å². The fraction of sp³-hybridized carbons (Fsp3) is 1.00. The molecule has 84 valence electrons. The highest BCUT2D eigenvalue weighted by Crippen LogP contribution is 2.00. The molecule has 0 spiro atoms. The van der Waals surface area contributed by atoms with Gasteiger partial charge in [0.15, 0.2) is 0 Å². The van der Waals surface area contributed by atoms with Crippen LogP contribution in [0, 0.1) is 0 Å². The lowest BCUT2D eigenvalue weighted by Crippen LogP contribution is -2.24. The van der Waals surface area contributed by atoms with E-state index < -0.39 is 6.48 Å². The molecule has 0 amide bonds. The normalized spacial score (nSPS) is 11.1. The molecule has 0 fully saturated rings. The van der Waals surface area contributed by atoms with E-state index in [1.807, 2.05) is 0 Å². The van der Waals surface area contributed by atoms with Crippen LogP contribution in [-0.2, 0) is 13.9 Å². The first-order valence-electron chi connectivity index (χ1n) is 5.07. The molecule has 0 atom stereocenters. The molecule has 0 aliphatic rings. The van der Waals surface area contributed by atoms with Crippen LogP contribution >= 0.6 is 12.6 Å². The first-order chi connectivity index (χ1) is 6.85. The average molecular weight is 236 g/mol. The summed E-state index contributed by atoms with van der Waals surface area (Å²) in [6.45, 7) is 5.01. The molecular formula is C9H20O3SSi. The summed E-state index contributed by atoms with van der Waals surface area (Å²) in [6, 6.07) is 0.949. The molecule has 0 aliphatic carbocycles. The highest BCUT2D eigenvalue weighted by atomic mass is 32.1. The van der Waals surface area contributed by atoms with Crippen molar-refractivity contribution in [1.82, 2.24) is 0 Å². The molecule has 0 saturated carbocycles. The topological polar surface area (TPSA) is 27.7 Å². The Kier molecular flexibility index (Phi) is 11.9. The SMILES string of the molecule is CCCOC(OCCC)O[Si]CCS. The Morgan fingerprint density at radius 3 is 2.14 bits per heavy atom. The Labute approximate surface area is 94.9 Å². The molecule has 0 aromatic rings. The Morgan fingerprint density at radius 1 is 1.14 bits per heavy atom. The van der Waals surface area contributed by atoms with Crippen LogP contribution in [0.25, 0.3) is 0 Å². The van der Waals surface area contributed by atoms with E-state index in [0.717, 1.165) is 24.6 Å². The molecule has 3 nitrogen and oxygen atoms in total. The molecule has 0 saturated heterocycles. The van der Waals surface area contributed by atoms with E-state index in [-0.39, 0.29) is 0 Å². The van der Waals surface area contributed by atoms with Crippen molar-refractivity contribution in [2.24, 2.45) is 0 Å². The summed E-state index contributed by atoms with van der Waals surface area (Å²) in [4.78, 5) is 0. The molecule has 0 unspecified atom stereocenters. The van der Waals surface area contributed by atoms with E-state index in [1.54, 1.807) is 0 Å². The number of hydrogen-bond acceptors (Lipinski definition) is 4. The highest BCUT2D eigenvalue weighted by molar-refractivity contribution is 7.80. The van der Waals surface area contributed by atoms with Crippen LogP contribution in [0.15, 0.2) is 0 Å². The van der Waals surface area contributed by atoms with Gasteiger partial charge in [-0.25, -0.2) is 0 Å². The van der Waals surface area contributed by atoms with Crippen molar-refractivity contribution in [3.8, 4) is 0 Å². The van der Waals surface area contributed by atoms with E-state index in [4.69, 9.17) is 13.9 Å². The van der Waals surface area contributed by atoms with Gasteiger partial charge < -0.3 is 13.9 Å². The van der Waals surface area contributed by atoms with Crippen LogP contribution in [0.2, 0.25) is 6.04 Å². The zero-order valence-electron chi connectivity index (χ0n) is 8.99. The van der Waals surface area contributed by atoms with E-state index in [0.29, 0.717) is 23.0 Å². The molecule has 0 N–H and O–H groups in total. The van der Waals surface area contributed by atoms with E-state index in [2.05, 4.69) is 26.5 Å². The van der Waals surface area contributed by atoms with Crippen LogP contribution < -0.4 is 0 Å². The smallest absolute Gasteiger partial charge is 0.261 e. The first-order valence-corrected chi connectivity index (χ1v) is 6.82. The van der Waals surface area contributed by atoms with Gasteiger partial charge in [0.1, 0.15) is 0 Å². The molecule has 0 aliphatic heterocycles. The van der Waals surface area contributed by atoms with E-state index >= 15 is 0 Å². The van der Waals surface area contributed by atoms with Crippen LogP contribution in [0.3, 0.4) is 0 Å². The van der Waals surface area contributed by atoms with Gasteiger partial charge >= 0.3 is 0 Å². The first kappa shape index (κ1) is 14.4. The maximum Gasteiger partial charge on any atom is 0.261 e. The second kappa shape index (κ2) is 11.5. The van der Waals surface area contributed by atoms with Gasteiger partial charge in [0.2, 0.25) is 9.76 Å². The number of thiol groups is 1. The second-order valence-corrected chi connectivity index (χ2v) is 4.24. The zero-order valence-corrected chi connectivity index (χ0v) is 10.9. The third-order valence-electron chi connectivity index (χ3n) is 1.31. The van der Waals surface area contributed by atoms with Gasteiger partial charge in [-0.15, -0.1) is 0 Å². The largest absolute Gasteiger partial charge is 0.372 e. The Balaban J connectivity index is 3.49. The molecule has 5 heteroatoms. The summed E-state index contributed by atoms with van der Waals surface area (Å²) in [6.07, 6.45) is 1.95. The van der Waals surface area contributed by atoms with Crippen molar-refractivity contribution in [1.29, 1.82) is 0 Å². The van der Waals surface area contributed by atoms with Crippen LogP contribution in [-0.4, -0.2) is 35.2 Å². The zero-order chi connectivity index (χ0) is 10.6. The van der Waals surface area contributed by atoms with Crippen molar-refractivity contribution in [2.75, 3.05) is 19.0 Å². The third kappa shape index (κ3) is 9.02. The quantitative estimate of drug-likeness (QED) is 0.272. The predicted molar refractivity (Wildman–Crippen MR) is 61.8 cm³/mol. The Hall–Kier alpha value is 0.447. The van der Waals surface area contributed by atoms with Gasteiger partial charge in [-0.3, -0.25) is 0 Å². The van der Waals surface area contributed by atoms with Crippen LogP contribution in [0.1, 0.15) is 26.7 Å². The van der Waals surface area contributed by atoms with Crippen molar-refractivity contribution in [2.45, 2.75) is 39.2 Å². The van der Waals surface area contributed by atoms with Gasteiger partial charge in [-0.1, -0.05) is 13.8 Å². The minimum absolute atomic E-state index is 0.409. The maximum atomic E-state index is 5.42. The molecular weight excluding hydrogens is 216 g/mol. The predicted octanol–water partition coefficient (Wildman–Crippen LogP) is 2.11. The molecule has 0 aromatic carbocycles. The number of ether oxygens (including phenoxy) is 2. The van der Waals surface area contributed by atoms with Gasteiger partial charge in [0.25, 0.3) is 6.48 Å². The average Bonchev–Trinajstić information content (AvgIpc) is 2.21. The van der Waals surface area contributed by atoms with Crippen molar-refractivity contribution < 1.29 is 13.9 Å². The summed E-state index contributed by atoms with van der Waals surface area (Å²) in [5.74, 6) is 0.840. The van der Waals surface area contributed by atoms with Crippen LogP contribution in [0.4, 0.5) is 0 Å². The molecule has 0 rings (SSSR count). The Bertz CT molecular complexity index is 108. The molecule has 0 heterocycles. The van der Waals surface area contributed by atoms with Crippen molar-refractivity contribution in [3.05, 3.63) is 0 Å².